The van der Waals surface area contributed by atoms with E-state index in [2.05, 4.69) is 9.97 Å². The van der Waals surface area contributed by atoms with Crippen LogP contribution in [-0.4, -0.2) is 14.5 Å². The van der Waals surface area contributed by atoms with Crippen LogP contribution in [0.4, 0.5) is 0 Å². The molecule has 1 aliphatic rings. The van der Waals surface area contributed by atoms with Gasteiger partial charge in [0.2, 0.25) is 5.89 Å². The first kappa shape index (κ1) is 11.4. The second-order valence-corrected chi connectivity index (χ2v) is 5.86. The lowest BCUT2D eigenvalue weighted by Crippen LogP contribution is -2.28. The maximum Gasteiger partial charge on any atom is 0.283 e. The van der Waals surface area contributed by atoms with Gasteiger partial charge in [-0.25, -0.2) is 4.98 Å². The molecule has 5 heteroatoms. The first-order valence-corrected chi connectivity index (χ1v) is 6.37. The number of oxazole rings is 1. The van der Waals surface area contributed by atoms with Gasteiger partial charge in [0.15, 0.2) is 5.52 Å². The average molecular weight is 247 g/mol. The van der Waals surface area contributed by atoms with Crippen LogP contribution >= 0.6 is 0 Å². The number of nitrogens with zero attached hydrogens (tertiary/aromatic N) is 3. The van der Waals surface area contributed by atoms with Gasteiger partial charge < -0.3 is 4.42 Å². The highest BCUT2D eigenvalue weighted by atomic mass is 16.4. The van der Waals surface area contributed by atoms with E-state index in [-0.39, 0.29) is 11.0 Å². The zero-order valence-corrected chi connectivity index (χ0v) is 11.0. The van der Waals surface area contributed by atoms with Crippen molar-refractivity contribution in [2.45, 2.75) is 52.0 Å². The standard InChI is InChI=1S/C13H17N3O2/c1-13(2,3)12-15-9-10(18-12)14-8-6-4-5-7-16(8)11(9)17/h4-7H2,1-3H3. The van der Waals surface area contributed by atoms with Gasteiger partial charge in [-0.2, -0.15) is 4.98 Å². The van der Waals surface area contributed by atoms with Crippen LogP contribution in [0, 0.1) is 0 Å². The number of aromatic nitrogens is 3. The lowest BCUT2D eigenvalue weighted by atomic mass is 9.97. The van der Waals surface area contributed by atoms with Crippen LogP contribution in [0.3, 0.4) is 0 Å². The van der Waals surface area contributed by atoms with E-state index in [4.69, 9.17) is 4.42 Å². The SMILES string of the molecule is CC(C)(C)c1nc2c(=O)n3c(nc2o1)CCCC3. The minimum atomic E-state index is -0.210. The monoisotopic (exact) mass is 247 g/mol. The molecule has 0 atom stereocenters. The van der Waals surface area contributed by atoms with Crippen LogP contribution in [0.25, 0.3) is 11.2 Å². The van der Waals surface area contributed by atoms with E-state index in [0.29, 0.717) is 17.1 Å². The molecule has 5 nitrogen and oxygen atoms in total. The van der Waals surface area contributed by atoms with Crippen molar-refractivity contribution < 1.29 is 4.42 Å². The van der Waals surface area contributed by atoms with Gasteiger partial charge in [-0.1, -0.05) is 20.8 Å². The summed E-state index contributed by atoms with van der Waals surface area (Å²) in [5, 5.41) is 0. The number of fused-ring (bicyclic) bond motifs is 2. The summed E-state index contributed by atoms with van der Waals surface area (Å²) in [6, 6.07) is 0. The smallest absolute Gasteiger partial charge is 0.283 e. The molecule has 96 valence electrons. The zero-order valence-electron chi connectivity index (χ0n) is 11.0. The second-order valence-electron chi connectivity index (χ2n) is 5.86. The van der Waals surface area contributed by atoms with E-state index in [9.17, 15) is 4.79 Å². The fraction of sp³-hybridized carbons (Fsp3) is 0.615. The van der Waals surface area contributed by atoms with E-state index in [1.165, 1.54) is 0 Å². The van der Waals surface area contributed by atoms with Gasteiger partial charge in [-0.15, -0.1) is 0 Å². The Morgan fingerprint density at radius 1 is 1.22 bits per heavy atom. The Balaban J connectivity index is 2.28. The minimum absolute atomic E-state index is 0.0612. The van der Waals surface area contributed by atoms with E-state index in [1.54, 1.807) is 4.57 Å². The molecule has 0 unspecified atom stereocenters. The first-order valence-electron chi connectivity index (χ1n) is 6.37. The summed E-state index contributed by atoms with van der Waals surface area (Å²) in [6.45, 7) is 6.77. The van der Waals surface area contributed by atoms with Crippen molar-refractivity contribution in [2.24, 2.45) is 0 Å². The maximum atomic E-state index is 12.3. The Morgan fingerprint density at radius 2 is 2.00 bits per heavy atom. The molecular formula is C13H17N3O2. The summed E-state index contributed by atoms with van der Waals surface area (Å²) >= 11 is 0. The lowest BCUT2D eigenvalue weighted by molar-refractivity contribution is 0.405. The summed E-state index contributed by atoms with van der Waals surface area (Å²) in [4.78, 5) is 21.1. The molecule has 0 saturated carbocycles. The van der Waals surface area contributed by atoms with Gasteiger partial charge in [0.25, 0.3) is 11.3 Å². The van der Waals surface area contributed by atoms with Crippen molar-refractivity contribution in [3.63, 3.8) is 0 Å². The van der Waals surface area contributed by atoms with Crippen LogP contribution in [0.5, 0.6) is 0 Å². The Bertz CT molecular complexity index is 661. The van der Waals surface area contributed by atoms with Crippen molar-refractivity contribution >= 4 is 11.2 Å². The van der Waals surface area contributed by atoms with Gasteiger partial charge in [-0.05, 0) is 12.8 Å². The number of rotatable bonds is 0. The normalized spacial score (nSPS) is 15.9. The largest absolute Gasteiger partial charge is 0.421 e. The number of hydrogen-bond acceptors (Lipinski definition) is 4. The summed E-state index contributed by atoms with van der Waals surface area (Å²) in [5.74, 6) is 1.40. The van der Waals surface area contributed by atoms with Gasteiger partial charge in [0, 0.05) is 18.4 Å². The molecule has 0 radical (unpaired) electrons. The Hall–Kier alpha value is -1.65. The molecular weight excluding hydrogens is 230 g/mol. The van der Waals surface area contributed by atoms with Crippen molar-refractivity contribution in [1.29, 1.82) is 0 Å². The second kappa shape index (κ2) is 3.67. The number of hydrogen-bond donors (Lipinski definition) is 0. The highest BCUT2D eigenvalue weighted by Crippen LogP contribution is 2.24. The molecule has 0 aromatic carbocycles. The molecule has 2 aromatic heterocycles. The van der Waals surface area contributed by atoms with Crippen LogP contribution in [0.2, 0.25) is 0 Å². The summed E-state index contributed by atoms with van der Waals surface area (Å²) in [7, 11) is 0. The molecule has 0 bridgehead atoms. The third kappa shape index (κ3) is 1.65. The predicted octanol–water partition coefficient (Wildman–Crippen LogP) is 2.02. The molecule has 18 heavy (non-hydrogen) atoms. The van der Waals surface area contributed by atoms with E-state index in [1.807, 2.05) is 20.8 Å². The molecule has 0 aliphatic carbocycles. The Labute approximate surface area is 105 Å². The molecule has 2 aromatic rings. The Kier molecular flexibility index (Phi) is 2.33. The lowest BCUT2D eigenvalue weighted by Gasteiger charge is -2.15. The molecule has 3 rings (SSSR count). The number of aryl methyl sites for hydroxylation is 1. The first-order chi connectivity index (χ1) is 8.47. The van der Waals surface area contributed by atoms with Crippen LogP contribution in [-0.2, 0) is 18.4 Å². The third-order valence-corrected chi connectivity index (χ3v) is 3.27. The van der Waals surface area contributed by atoms with Gasteiger partial charge >= 0.3 is 0 Å². The van der Waals surface area contributed by atoms with Crippen LogP contribution in [0.1, 0.15) is 45.3 Å². The molecule has 0 N–H and O–H groups in total. The van der Waals surface area contributed by atoms with Crippen LogP contribution in [0.15, 0.2) is 9.21 Å². The molecule has 0 fully saturated rings. The molecule has 0 saturated heterocycles. The molecule has 0 amide bonds. The van der Waals surface area contributed by atoms with Crippen molar-refractivity contribution in [2.75, 3.05) is 0 Å². The van der Waals surface area contributed by atoms with Crippen molar-refractivity contribution in [3.8, 4) is 0 Å². The fourth-order valence-electron chi connectivity index (χ4n) is 2.25. The van der Waals surface area contributed by atoms with Gasteiger partial charge in [-0.3, -0.25) is 9.36 Å². The van der Waals surface area contributed by atoms with Gasteiger partial charge in [0.05, 0.1) is 0 Å². The average Bonchev–Trinajstić information content (AvgIpc) is 2.73. The van der Waals surface area contributed by atoms with Crippen molar-refractivity contribution in [3.05, 3.63) is 22.1 Å². The quantitative estimate of drug-likeness (QED) is 0.714. The van der Waals surface area contributed by atoms with E-state index < -0.39 is 0 Å². The fourth-order valence-corrected chi connectivity index (χ4v) is 2.25. The third-order valence-electron chi connectivity index (χ3n) is 3.27. The summed E-state index contributed by atoms with van der Waals surface area (Å²) in [6.07, 6.45) is 2.96. The highest BCUT2D eigenvalue weighted by Gasteiger charge is 2.24. The zero-order chi connectivity index (χ0) is 12.9. The maximum absolute atomic E-state index is 12.3. The Morgan fingerprint density at radius 3 is 2.72 bits per heavy atom. The summed E-state index contributed by atoms with van der Waals surface area (Å²) < 4.78 is 7.38. The molecule has 0 spiro atoms. The van der Waals surface area contributed by atoms with Crippen molar-refractivity contribution in [1.82, 2.24) is 14.5 Å². The molecule has 3 heterocycles. The highest BCUT2D eigenvalue weighted by molar-refractivity contribution is 5.66. The topological polar surface area (TPSA) is 60.9 Å². The van der Waals surface area contributed by atoms with Crippen LogP contribution < -0.4 is 5.56 Å². The van der Waals surface area contributed by atoms with E-state index in [0.717, 1.165) is 31.6 Å². The van der Waals surface area contributed by atoms with E-state index >= 15 is 0 Å². The summed E-state index contributed by atoms with van der Waals surface area (Å²) in [5.41, 5.74) is 0.482. The minimum Gasteiger partial charge on any atom is -0.421 e. The van der Waals surface area contributed by atoms with Gasteiger partial charge in [0.1, 0.15) is 5.82 Å². The molecule has 1 aliphatic heterocycles. The predicted molar refractivity (Wildman–Crippen MR) is 67.7 cm³/mol.